The molecule has 2 aromatic rings. The minimum atomic E-state index is -3.48. The summed E-state index contributed by atoms with van der Waals surface area (Å²) in [6.45, 7) is 0.194. The van der Waals surface area contributed by atoms with Crippen LogP contribution in [0, 0.1) is 0 Å². The summed E-state index contributed by atoms with van der Waals surface area (Å²) in [4.78, 5) is 15.7. The van der Waals surface area contributed by atoms with Gasteiger partial charge in [0.2, 0.25) is 10.0 Å². The Labute approximate surface area is 139 Å². The fourth-order valence-corrected chi connectivity index (χ4v) is 2.92. The molecule has 6 nitrogen and oxygen atoms in total. The van der Waals surface area contributed by atoms with Crippen molar-refractivity contribution in [1.82, 2.24) is 15.0 Å². The van der Waals surface area contributed by atoms with Crippen LogP contribution in [0.2, 0.25) is 5.15 Å². The lowest BCUT2D eigenvalue weighted by Gasteiger charge is -2.08. The first-order chi connectivity index (χ1) is 11.0. The maximum Gasteiger partial charge on any atom is 0.254 e. The summed E-state index contributed by atoms with van der Waals surface area (Å²) in [6, 6.07) is 12.3. The second-order valence-corrected chi connectivity index (χ2v) is 7.01. The van der Waals surface area contributed by atoms with Crippen LogP contribution >= 0.6 is 11.6 Å². The second kappa shape index (κ2) is 8.05. The van der Waals surface area contributed by atoms with Crippen molar-refractivity contribution in [2.45, 2.75) is 6.54 Å². The van der Waals surface area contributed by atoms with Gasteiger partial charge in [-0.2, -0.15) is 0 Å². The van der Waals surface area contributed by atoms with Crippen LogP contribution in [-0.4, -0.2) is 31.6 Å². The SMILES string of the molecule is O=C(NCCS(=O)(=O)NCc1ccccc1)c1cccnc1Cl. The Morgan fingerprint density at radius 3 is 2.57 bits per heavy atom. The summed E-state index contributed by atoms with van der Waals surface area (Å²) >= 11 is 5.80. The number of sulfonamides is 1. The molecule has 1 aromatic heterocycles. The van der Waals surface area contributed by atoms with Crippen molar-refractivity contribution in [1.29, 1.82) is 0 Å². The molecule has 0 unspecified atom stereocenters. The number of halogens is 1. The molecule has 1 heterocycles. The molecule has 0 bridgehead atoms. The number of hydrogen-bond donors (Lipinski definition) is 2. The highest BCUT2D eigenvalue weighted by atomic mass is 35.5. The Morgan fingerprint density at radius 1 is 1.13 bits per heavy atom. The molecular weight excluding hydrogens is 338 g/mol. The zero-order valence-electron chi connectivity index (χ0n) is 12.2. The summed E-state index contributed by atoms with van der Waals surface area (Å²) in [5, 5.41) is 2.59. The van der Waals surface area contributed by atoms with E-state index >= 15 is 0 Å². The van der Waals surface area contributed by atoms with Gasteiger partial charge in [-0.1, -0.05) is 41.9 Å². The van der Waals surface area contributed by atoms with Gasteiger partial charge < -0.3 is 5.32 Å². The van der Waals surface area contributed by atoms with Gasteiger partial charge in [-0.3, -0.25) is 4.79 Å². The van der Waals surface area contributed by atoms with E-state index in [9.17, 15) is 13.2 Å². The molecule has 8 heteroatoms. The van der Waals surface area contributed by atoms with Gasteiger partial charge >= 0.3 is 0 Å². The number of carbonyl (C=O) groups excluding carboxylic acids is 1. The summed E-state index contributed by atoms with van der Waals surface area (Å²) in [5.41, 5.74) is 1.08. The van der Waals surface area contributed by atoms with Crippen LogP contribution in [0.5, 0.6) is 0 Å². The van der Waals surface area contributed by atoms with Gasteiger partial charge in [0.05, 0.1) is 11.3 Å². The van der Waals surface area contributed by atoms with Crippen LogP contribution in [0.15, 0.2) is 48.7 Å². The number of aromatic nitrogens is 1. The minimum absolute atomic E-state index is 0.0197. The standard InChI is InChI=1S/C15H16ClN3O3S/c16-14-13(7-4-8-17-14)15(20)18-9-10-23(21,22)19-11-12-5-2-1-3-6-12/h1-8,19H,9-11H2,(H,18,20). The van der Waals surface area contributed by atoms with Crippen molar-refractivity contribution in [2.75, 3.05) is 12.3 Å². The largest absolute Gasteiger partial charge is 0.351 e. The molecule has 122 valence electrons. The van der Waals surface area contributed by atoms with E-state index in [0.717, 1.165) is 5.56 Å². The van der Waals surface area contributed by atoms with Crippen LogP contribution in [0.1, 0.15) is 15.9 Å². The Bertz CT molecular complexity index is 767. The molecule has 1 aromatic carbocycles. The van der Waals surface area contributed by atoms with Crippen molar-refractivity contribution in [3.8, 4) is 0 Å². The van der Waals surface area contributed by atoms with Crippen molar-refractivity contribution >= 4 is 27.5 Å². The third-order valence-electron chi connectivity index (χ3n) is 3.00. The lowest BCUT2D eigenvalue weighted by molar-refractivity contribution is 0.0956. The first kappa shape index (κ1) is 17.4. The molecule has 0 spiro atoms. The molecule has 0 saturated carbocycles. The highest BCUT2D eigenvalue weighted by Gasteiger charge is 2.13. The third-order valence-corrected chi connectivity index (χ3v) is 4.63. The average Bonchev–Trinajstić information content (AvgIpc) is 2.54. The average molecular weight is 354 g/mol. The zero-order chi connectivity index (χ0) is 16.7. The molecule has 2 rings (SSSR count). The monoisotopic (exact) mass is 353 g/mol. The van der Waals surface area contributed by atoms with Gasteiger partial charge in [-0.15, -0.1) is 0 Å². The second-order valence-electron chi connectivity index (χ2n) is 4.72. The molecule has 0 aliphatic carbocycles. The first-order valence-electron chi connectivity index (χ1n) is 6.88. The van der Waals surface area contributed by atoms with Crippen LogP contribution in [0.25, 0.3) is 0 Å². The topological polar surface area (TPSA) is 88.2 Å². The Morgan fingerprint density at radius 2 is 1.87 bits per heavy atom. The van der Waals surface area contributed by atoms with E-state index in [1.165, 1.54) is 12.3 Å². The van der Waals surface area contributed by atoms with Gasteiger partial charge in [0.1, 0.15) is 5.15 Å². The quantitative estimate of drug-likeness (QED) is 0.740. The fraction of sp³-hybridized carbons (Fsp3) is 0.200. The number of benzene rings is 1. The van der Waals surface area contributed by atoms with E-state index in [1.807, 2.05) is 30.3 Å². The van der Waals surface area contributed by atoms with Gasteiger partial charge in [0.25, 0.3) is 5.91 Å². The van der Waals surface area contributed by atoms with Gasteiger partial charge in [-0.25, -0.2) is 18.1 Å². The van der Waals surface area contributed by atoms with Gasteiger partial charge in [0.15, 0.2) is 0 Å². The molecule has 0 radical (unpaired) electrons. The van der Waals surface area contributed by atoms with E-state index in [1.54, 1.807) is 6.07 Å². The number of hydrogen-bond acceptors (Lipinski definition) is 4. The van der Waals surface area contributed by atoms with Crippen molar-refractivity contribution in [3.63, 3.8) is 0 Å². The van der Waals surface area contributed by atoms with Gasteiger partial charge in [-0.05, 0) is 17.7 Å². The van der Waals surface area contributed by atoms with E-state index in [2.05, 4.69) is 15.0 Å². The normalized spacial score (nSPS) is 11.2. The lowest BCUT2D eigenvalue weighted by Crippen LogP contribution is -2.34. The molecule has 1 amide bonds. The predicted octanol–water partition coefficient (Wildman–Crippen LogP) is 1.58. The maximum atomic E-state index is 11.9. The first-order valence-corrected chi connectivity index (χ1v) is 8.91. The van der Waals surface area contributed by atoms with Crippen LogP contribution in [0.4, 0.5) is 0 Å². The Kier molecular flexibility index (Phi) is 6.09. The zero-order valence-corrected chi connectivity index (χ0v) is 13.8. The summed E-state index contributed by atoms with van der Waals surface area (Å²) in [5.74, 6) is -0.676. The van der Waals surface area contributed by atoms with Crippen molar-refractivity contribution in [2.24, 2.45) is 0 Å². The molecule has 0 saturated heterocycles. The molecule has 23 heavy (non-hydrogen) atoms. The van der Waals surface area contributed by atoms with Crippen LogP contribution < -0.4 is 10.0 Å². The van der Waals surface area contributed by atoms with Crippen LogP contribution in [-0.2, 0) is 16.6 Å². The van der Waals surface area contributed by atoms with Crippen molar-refractivity contribution in [3.05, 3.63) is 64.9 Å². The number of amides is 1. The molecule has 0 aliphatic rings. The van der Waals surface area contributed by atoms with Crippen molar-refractivity contribution < 1.29 is 13.2 Å². The van der Waals surface area contributed by atoms with E-state index < -0.39 is 15.9 Å². The predicted molar refractivity (Wildman–Crippen MR) is 88.6 cm³/mol. The highest BCUT2D eigenvalue weighted by Crippen LogP contribution is 2.10. The molecule has 0 aliphatic heterocycles. The third kappa shape index (κ3) is 5.63. The smallest absolute Gasteiger partial charge is 0.254 e. The molecular formula is C15H16ClN3O3S. The molecule has 0 atom stereocenters. The minimum Gasteiger partial charge on any atom is -0.351 e. The lowest BCUT2D eigenvalue weighted by atomic mass is 10.2. The number of carbonyl (C=O) groups is 1. The van der Waals surface area contributed by atoms with E-state index in [-0.39, 0.29) is 29.6 Å². The summed E-state index contributed by atoms with van der Waals surface area (Å²) in [6.07, 6.45) is 1.47. The maximum absolute atomic E-state index is 11.9. The van der Waals surface area contributed by atoms with E-state index in [0.29, 0.717) is 0 Å². The Balaban J connectivity index is 1.81. The summed E-state index contributed by atoms with van der Waals surface area (Å²) < 4.78 is 26.3. The highest BCUT2D eigenvalue weighted by molar-refractivity contribution is 7.89. The van der Waals surface area contributed by atoms with Gasteiger partial charge in [0, 0.05) is 19.3 Å². The number of rotatable bonds is 7. The number of nitrogens with one attached hydrogen (secondary N) is 2. The number of nitrogens with zero attached hydrogens (tertiary/aromatic N) is 1. The fourth-order valence-electron chi connectivity index (χ4n) is 1.81. The molecule has 2 N–H and O–H groups in total. The Hall–Kier alpha value is -1.96. The summed E-state index contributed by atoms with van der Waals surface area (Å²) in [7, 11) is -3.48. The number of pyridine rings is 1. The van der Waals surface area contributed by atoms with Crippen LogP contribution in [0.3, 0.4) is 0 Å². The van der Waals surface area contributed by atoms with E-state index in [4.69, 9.17) is 11.6 Å². The molecule has 0 fully saturated rings.